The van der Waals surface area contributed by atoms with Crippen LogP contribution in [-0.2, 0) is 6.54 Å². The van der Waals surface area contributed by atoms with Crippen molar-refractivity contribution in [3.63, 3.8) is 0 Å². The molecule has 0 aliphatic carbocycles. The Morgan fingerprint density at radius 1 is 0.917 bits per heavy atom. The third kappa shape index (κ3) is 4.26. The Balaban J connectivity index is 1.47. The number of para-hydroxylation sites is 1. The van der Waals surface area contributed by atoms with Gasteiger partial charge in [0.05, 0.1) is 7.11 Å². The largest absolute Gasteiger partial charge is 0.497 e. The van der Waals surface area contributed by atoms with Crippen LogP contribution in [0, 0.1) is 0 Å². The second-order valence-electron chi connectivity index (χ2n) is 5.79. The lowest BCUT2D eigenvalue weighted by Gasteiger charge is -2.34. The molecule has 1 amide bonds. The molecule has 5 heteroatoms. The van der Waals surface area contributed by atoms with Gasteiger partial charge in [-0.05, 0) is 29.8 Å². The molecule has 24 heavy (non-hydrogen) atoms. The molecule has 2 aromatic carbocycles. The molecular weight excluding hydrogens is 304 g/mol. The molecule has 0 bridgehead atoms. The van der Waals surface area contributed by atoms with Gasteiger partial charge in [0.2, 0.25) is 0 Å². The van der Waals surface area contributed by atoms with Crippen LogP contribution < -0.4 is 9.47 Å². The van der Waals surface area contributed by atoms with Crippen molar-refractivity contribution in [1.29, 1.82) is 0 Å². The lowest BCUT2D eigenvalue weighted by molar-refractivity contribution is 0.108. The number of carbonyl (C=O) groups is 1. The predicted octanol–water partition coefficient (Wildman–Crippen LogP) is 3.01. The van der Waals surface area contributed by atoms with Gasteiger partial charge in [0.25, 0.3) is 0 Å². The van der Waals surface area contributed by atoms with Crippen molar-refractivity contribution in [2.24, 2.45) is 0 Å². The molecule has 0 saturated carbocycles. The highest BCUT2D eigenvalue weighted by Gasteiger charge is 2.22. The number of hydrogen-bond acceptors (Lipinski definition) is 4. The van der Waals surface area contributed by atoms with Gasteiger partial charge in [0.15, 0.2) is 0 Å². The van der Waals surface area contributed by atoms with Crippen LogP contribution in [0.2, 0.25) is 0 Å². The molecule has 1 heterocycles. The van der Waals surface area contributed by atoms with Gasteiger partial charge in [-0.25, -0.2) is 4.79 Å². The molecule has 0 aromatic heterocycles. The summed E-state index contributed by atoms with van der Waals surface area (Å²) in [7, 11) is 1.67. The Labute approximate surface area is 142 Å². The first-order valence-corrected chi connectivity index (χ1v) is 8.12. The van der Waals surface area contributed by atoms with Crippen molar-refractivity contribution < 1.29 is 14.3 Å². The van der Waals surface area contributed by atoms with Gasteiger partial charge < -0.3 is 14.4 Å². The second kappa shape index (κ2) is 7.84. The predicted molar refractivity (Wildman–Crippen MR) is 92.3 cm³/mol. The first kappa shape index (κ1) is 16.3. The smallest absolute Gasteiger partial charge is 0.415 e. The number of rotatable bonds is 4. The Morgan fingerprint density at radius 2 is 1.58 bits per heavy atom. The third-order valence-corrected chi connectivity index (χ3v) is 4.14. The van der Waals surface area contributed by atoms with Crippen LogP contribution in [0.4, 0.5) is 4.79 Å². The topological polar surface area (TPSA) is 42.0 Å². The number of amides is 1. The Kier molecular flexibility index (Phi) is 5.33. The van der Waals surface area contributed by atoms with E-state index in [1.165, 1.54) is 5.56 Å². The molecule has 0 unspecified atom stereocenters. The molecule has 3 rings (SSSR count). The number of carbonyl (C=O) groups excluding carboxylic acids is 1. The highest BCUT2D eigenvalue weighted by molar-refractivity contribution is 5.70. The number of hydrogen-bond donors (Lipinski definition) is 0. The number of nitrogens with zero attached hydrogens (tertiary/aromatic N) is 2. The molecule has 0 spiro atoms. The summed E-state index contributed by atoms with van der Waals surface area (Å²) in [5.41, 5.74) is 1.25. The van der Waals surface area contributed by atoms with E-state index < -0.39 is 0 Å². The fourth-order valence-corrected chi connectivity index (χ4v) is 2.73. The maximum absolute atomic E-state index is 12.2. The van der Waals surface area contributed by atoms with Crippen LogP contribution in [0.15, 0.2) is 54.6 Å². The average Bonchev–Trinajstić information content (AvgIpc) is 2.64. The standard InChI is InChI=1S/C19H22N2O3/c1-23-17-9-7-16(8-10-17)15-20-11-13-21(14-12-20)19(22)24-18-5-3-2-4-6-18/h2-10H,11-15H2,1H3. The van der Waals surface area contributed by atoms with E-state index in [4.69, 9.17) is 9.47 Å². The van der Waals surface area contributed by atoms with Crippen LogP contribution in [-0.4, -0.2) is 49.2 Å². The monoisotopic (exact) mass is 326 g/mol. The molecule has 1 aliphatic heterocycles. The second-order valence-corrected chi connectivity index (χ2v) is 5.79. The van der Waals surface area contributed by atoms with E-state index in [1.807, 2.05) is 30.3 Å². The molecule has 126 valence electrons. The summed E-state index contributed by atoms with van der Waals surface area (Å²) < 4.78 is 10.6. The molecular formula is C19H22N2O3. The summed E-state index contributed by atoms with van der Waals surface area (Å²) in [6.45, 7) is 3.93. The highest BCUT2D eigenvalue weighted by atomic mass is 16.6. The highest BCUT2D eigenvalue weighted by Crippen LogP contribution is 2.15. The van der Waals surface area contributed by atoms with Gasteiger partial charge in [0, 0.05) is 32.7 Å². The lowest BCUT2D eigenvalue weighted by Crippen LogP contribution is -2.49. The number of benzene rings is 2. The molecule has 0 N–H and O–H groups in total. The number of piperazine rings is 1. The number of methoxy groups -OCH3 is 1. The molecule has 5 nitrogen and oxygen atoms in total. The third-order valence-electron chi connectivity index (χ3n) is 4.14. The normalized spacial score (nSPS) is 15.1. The van der Waals surface area contributed by atoms with E-state index in [-0.39, 0.29) is 6.09 Å². The van der Waals surface area contributed by atoms with Gasteiger partial charge in [-0.15, -0.1) is 0 Å². The maximum Gasteiger partial charge on any atom is 0.415 e. The van der Waals surface area contributed by atoms with Crippen LogP contribution in [0.25, 0.3) is 0 Å². The Hall–Kier alpha value is -2.53. The van der Waals surface area contributed by atoms with Gasteiger partial charge in [-0.1, -0.05) is 30.3 Å². The Bertz CT molecular complexity index is 650. The average molecular weight is 326 g/mol. The molecule has 0 radical (unpaired) electrons. The van der Waals surface area contributed by atoms with Crippen LogP contribution in [0.3, 0.4) is 0 Å². The summed E-state index contributed by atoms with van der Waals surface area (Å²) in [4.78, 5) is 16.3. The van der Waals surface area contributed by atoms with E-state index in [9.17, 15) is 4.79 Å². The van der Waals surface area contributed by atoms with Crippen molar-refractivity contribution in [2.75, 3.05) is 33.3 Å². The zero-order valence-corrected chi connectivity index (χ0v) is 13.9. The Morgan fingerprint density at radius 3 is 2.21 bits per heavy atom. The van der Waals surface area contributed by atoms with Crippen molar-refractivity contribution >= 4 is 6.09 Å². The molecule has 1 fully saturated rings. The van der Waals surface area contributed by atoms with Crippen LogP contribution in [0.1, 0.15) is 5.56 Å². The lowest BCUT2D eigenvalue weighted by atomic mass is 10.2. The van der Waals surface area contributed by atoms with Crippen molar-refractivity contribution in [1.82, 2.24) is 9.80 Å². The minimum Gasteiger partial charge on any atom is -0.497 e. The van der Waals surface area contributed by atoms with E-state index in [1.54, 1.807) is 24.1 Å². The van der Waals surface area contributed by atoms with E-state index >= 15 is 0 Å². The fraction of sp³-hybridized carbons (Fsp3) is 0.316. The van der Waals surface area contributed by atoms with E-state index in [2.05, 4.69) is 17.0 Å². The maximum atomic E-state index is 12.2. The zero-order chi connectivity index (χ0) is 16.8. The molecule has 0 atom stereocenters. The summed E-state index contributed by atoms with van der Waals surface area (Å²) in [5, 5.41) is 0. The number of ether oxygens (including phenoxy) is 2. The van der Waals surface area contributed by atoms with Crippen LogP contribution in [0.5, 0.6) is 11.5 Å². The SMILES string of the molecule is COc1ccc(CN2CCN(C(=O)Oc3ccccc3)CC2)cc1. The van der Waals surface area contributed by atoms with Crippen molar-refractivity contribution in [3.8, 4) is 11.5 Å². The van der Waals surface area contributed by atoms with Gasteiger partial charge >= 0.3 is 6.09 Å². The van der Waals surface area contributed by atoms with Crippen molar-refractivity contribution in [2.45, 2.75) is 6.54 Å². The van der Waals surface area contributed by atoms with Gasteiger partial charge in [-0.2, -0.15) is 0 Å². The van der Waals surface area contributed by atoms with Gasteiger partial charge in [-0.3, -0.25) is 4.90 Å². The fourth-order valence-electron chi connectivity index (χ4n) is 2.73. The minimum atomic E-state index is -0.273. The first-order chi connectivity index (χ1) is 11.7. The van der Waals surface area contributed by atoms with Crippen LogP contribution >= 0.6 is 0 Å². The molecule has 2 aromatic rings. The first-order valence-electron chi connectivity index (χ1n) is 8.12. The molecule has 1 saturated heterocycles. The zero-order valence-electron chi connectivity index (χ0n) is 13.9. The summed E-state index contributed by atoms with van der Waals surface area (Å²) >= 11 is 0. The summed E-state index contributed by atoms with van der Waals surface area (Å²) in [5.74, 6) is 1.45. The van der Waals surface area contributed by atoms with Crippen molar-refractivity contribution in [3.05, 3.63) is 60.2 Å². The van der Waals surface area contributed by atoms with E-state index in [0.29, 0.717) is 18.8 Å². The molecule has 1 aliphatic rings. The van der Waals surface area contributed by atoms with Gasteiger partial charge in [0.1, 0.15) is 11.5 Å². The van der Waals surface area contributed by atoms with E-state index in [0.717, 1.165) is 25.4 Å². The quantitative estimate of drug-likeness (QED) is 0.866. The summed E-state index contributed by atoms with van der Waals surface area (Å²) in [6.07, 6.45) is -0.273. The minimum absolute atomic E-state index is 0.273. The summed E-state index contributed by atoms with van der Waals surface area (Å²) in [6, 6.07) is 17.3.